The molecule has 0 fully saturated rings. The number of nitriles is 1. The molecule has 1 heterocycles. The lowest BCUT2D eigenvalue weighted by atomic mass is 10.3. The maximum Gasteiger partial charge on any atom is 0.273 e. The van der Waals surface area contributed by atoms with E-state index in [0.29, 0.717) is 38.2 Å². The zero-order valence-electron chi connectivity index (χ0n) is 9.85. The molecule has 0 saturated heterocycles. The first-order valence-corrected chi connectivity index (χ1v) is 6.41. The molecular formula is C11H16N4OS. The fourth-order valence-corrected chi connectivity index (χ4v) is 2.19. The van der Waals surface area contributed by atoms with E-state index in [0.717, 1.165) is 5.01 Å². The van der Waals surface area contributed by atoms with Crippen molar-refractivity contribution in [1.82, 2.24) is 9.88 Å². The number of rotatable bonds is 6. The molecule has 1 aromatic rings. The Bertz CT molecular complexity index is 410. The summed E-state index contributed by atoms with van der Waals surface area (Å²) >= 11 is 1.45. The van der Waals surface area contributed by atoms with Gasteiger partial charge in [0.15, 0.2) is 0 Å². The van der Waals surface area contributed by atoms with Gasteiger partial charge in [-0.2, -0.15) is 5.26 Å². The van der Waals surface area contributed by atoms with Crippen molar-refractivity contribution in [3.05, 3.63) is 16.1 Å². The molecule has 0 radical (unpaired) electrons. The number of carbonyl (C=O) groups is 1. The van der Waals surface area contributed by atoms with Gasteiger partial charge >= 0.3 is 0 Å². The summed E-state index contributed by atoms with van der Waals surface area (Å²) in [6.45, 7) is 3.47. The number of thiazole rings is 1. The van der Waals surface area contributed by atoms with Crippen molar-refractivity contribution in [2.24, 2.45) is 5.73 Å². The minimum Gasteiger partial charge on any atom is -0.337 e. The third-order valence-corrected chi connectivity index (χ3v) is 3.20. The number of hydrogen-bond acceptors (Lipinski definition) is 5. The number of nitrogens with zero attached hydrogens (tertiary/aromatic N) is 3. The van der Waals surface area contributed by atoms with Crippen molar-refractivity contribution in [2.45, 2.75) is 19.8 Å². The van der Waals surface area contributed by atoms with Crippen LogP contribution in [0.2, 0.25) is 0 Å². The second-order valence-corrected chi connectivity index (χ2v) is 4.40. The number of carbonyl (C=O) groups excluding carboxylic acids is 1. The summed E-state index contributed by atoms with van der Waals surface area (Å²) in [5.41, 5.74) is 5.89. The van der Waals surface area contributed by atoms with Crippen LogP contribution < -0.4 is 5.73 Å². The summed E-state index contributed by atoms with van der Waals surface area (Å²) in [6, 6.07) is 2.04. The standard InChI is InChI=1S/C11H16N4OS/c1-2-15(7-3-5-12)11(16)9-8-17-10(14-9)4-6-13/h8H,2-4,6-7,13H2,1H3. The van der Waals surface area contributed by atoms with Gasteiger partial charge in [-0.1, -0.05) is 0 Å². The molecule has 0 aliphatic carbocycles. The Morgan fingerprint density at radius 3 is 3.06 bits per heavy atom. The van der Waals surface area contributed by atoms with Gasteiger partial charge in [-0.3, -0.25) is 4.79 Å². The number of aromatic nitrogens is 1. The van der Waals surface area contributed by atoms with Gasteiger partial charge in [-0.15, -0.1) is 11.3 Å². The predicted molar refractivity (Wildman–Crippen MR) is 66.7 cm³/mol. The molecule has 92 valence electrons. The Hall–Kier alpha value is -1.45. The lowest BCUT2D eigenvalue weighted by Gasteiger charge is -2.17. The Balaban J connectivity index is 2.69. The van der Waals surface area contributed by atoms with E-state index < -0.39 is 0 Å². The predicted octanol–water partition coefficient (Wildman–Crippen LogP) is 1.02. The van der Waals surface area contributed by atoms with Crippen LogP contribution in [0.15, 0.2) is 5.38 Å². The van der Waals surface area contributed by atoms with Gasteiger partial charge in [0.1, 0.15) is 5.69 Å². The summed E-state index contributed by atoms with van der Waals surface area (Å²) in [6.07, 6.45) is 1.04. The molecule has 0 spiro atoms. The smallest absolute Gasteiger partial charge is 0.273 e. The Morgan fingerprint density at radius 2 is 2.47 bits per heavy atom. The lowest BCUT2D eigenvalue weighted by Crippen LogP contribution is -2.31. The molecule has 1 aromatic heterocycles. The highest BCUT2D eigenvalue weighted by atomic mass is 32.1. The number of nitrogens with two attached hydrogens (primary N) is 1. The summed E-state index contributed by atoms with van der Waals surface area (Å²) in [4.78, 5) is 17.9. The van der Waals surface area contributed by atoms with Crippen LogP contribution in [0.3, 0.4) is 0 Å². The number of amides is 1. The highest BCUT2D eigenvalue weighted by Crippen LogP contribution is 2.12. The van der Waals surface area contributed by atoms with Crippen LogP contribution in [-0.4, -0.2) is 35.4 Å². The van der Waals surface area contributed by atoms with Crippen molar-refractivity contribution in [2.75, 3.05) is 19.6 Å². The van der Waals surface area contributed by atoms with Crippen LogP contribution in [0.25, 0.3) is 0 Å². The molecule has 0 aliphatic heterocycles. The van der Waals surface area contributed by atoms with Crippen molar-refractivity contribution in [3.8, 4) is 6.07 Å². The average molecular weight is 252 g/mol. The molecule has 17 heavy (non-hydrogen) atoms. The molecule has 1 amide bonds. The maximum atomic E-state index is 12.0. The molecule has 6 heteroatoms. The fraction of sp³-hybridized carbons (Fsp3) is 0.545. The minimum atomic E-state index is -0.109. The molecule has 0 aromatic carbocycles. The van der Waals surface area contributed by atoms with Gasteiger partial charge in [0.25, 0.3) is 5.91 Å². The first kappa shape index (κ1) is 13.6. The van der Waals surface area contributed by atoms with E-state index in [4.69, 9.17) is 11.0 Å². The first-order valence-electron chi connectivity index (χ1n) is 5.53. The molecule has 0 unspecified atom stereocenters. The van der Waals surface area contributed by atoms with E-state index >= 15 is 0 Å². The van der Waals surface area contributed by atoms with Crippen LogP contribution >= 0.6 is 11.3 Å². The summed E-state index contributed by atoms with van der Waals surface area (Å²) < 4.78 is 0. The molecule has 0 aliphatic rings. The Labute approximate surface area is 105 Å². The molecule has 0 bridgehead atoms. The summed E-state index contributed by atoms with van der Waals surface area (Å²) in [5.74, 6) is -0.109. The van der Waals surface area contributed by atoms with E-state index in [1.165, 1.54) is 11.3 Å². The van der Waals surface area contributed by atoms with Crippen LogP contribution in [0, 0.1) is 11.3 Å². The van der Waals surface area contributed by atoms with Crippen molar-refractivity contribution < 1.29 is 4.79 Å². The van der Waals surface area contributed by atoms with Crippen LogP contribution in [0.4, 0.5) is 0 Å². The van der Waals surface area contributed by atoms with Gasteiger partial charge < -0.3 is 10.6 Å². The number of hydrogen-bond donors (Lipinski definition) is 1. The monoisotopic (exact) mass is 252 g/mol. The Morgan fingerprint density at radius 1 is 1.71 bits per heavy atom. The van der Waals surface area contributed by atoms with Gasteiger partial charge in [-0.05, 0) is 13.5 Å². The molecule has 2 N–H and O–H groups in total. The lowest BCUT2D eigenvalue weighted by molar-refractivity contribution is 0.0762. The second-order valence-electron chi connectivity index (χ2n) is 3.46. The van der Waals surface area contributed by atoms with E-state index in [9.17, 15) is 4.79 Å². The normalized spacial score (nSPS) is 9.94. The van der Waals surface area contributed by atoms with Crippen molar-refractivity contribution in [3.63, 3.8) is 0 Å². The van der Waals surface area contributed by atoms with Crippen LogP contribution in [0.5, 0.6) is 0 Å². The second kappa shape index (κ2) is 6.99. The molecule has 0 atom stereocenters. The van der Waals surface area contributed by atoms with E-state index in [2.05, 4.69) is 4.98 Å². The fourth-order valence-electron chi connectivity index (χ4n) is 1.40. The first-order chi connectivity index (χ1) is 8.22. The quantitative estimate of drug-likeness (QED) is 0.819. The van der Waals surface area contributed by atoms with E-state index in [1.54, 1.807) is 10.3 Å². The highest BCUT2D eigenvalue weighted by Gasteiger charge is 2.16. The van der Waals surface area contributed by atoms with Crippen molar-refractivity contribution >= 4 is 17.2 Å². The van der Waals surface area contributed by atoms with Crippen LogP contribution in [-0.2, 0) is 6.42 Å². The zero-order valence-corrected chi connectivity index (χ0v) is 10.7. The Kier molecular flexibility index (Phi) is 5.60. The third kappa shape index (κ3) is 3.80. The highest BCUT2D eigenvalue weighted by molar-refractivity contribution is 7.09. The summed E-state index contributed by atoms with van der Waals surface area (Å²) in [5, 5.41) is 11.2. The topological polar surface area (TPSA) is 83.0 Å². The minimum absolute atomic E-state index is 0.109. The molecule has 5 nitrogen and oxygen atoms in total. The van der Waals surface area contributed by atoms with Gasteiger partial charge in [-0.25, -0.2) is 4.98 Å². The van der Waals surface area contributed by atoms with E-state index in [-0.39, 0.29) is 5.91 Å². The summed E-state index contributed by atoms with van der Waals surface area (Å²) in [7, 11) is 0. The van der Waals surface area contributed by atoms with Gasteiger partial charge in [0, 0.05) is 24.9 Å². The van der Waals surface area contributed by atoms with E-state index in [1.807, 2.05) is 13.0 Å². The van der Waals surface area contributed by atoms with Crippen molar-refractivity contribution in [1.29, 1.82) is 5.26 Å². The third-order valence-electron chi connectivity index (χ3n) is 2.29. The molecular weight excluding hydrogens is 236 g/mol. The largest absolute Gasteiger partial charge is 0.337 e. The molecule has 1 rings (SSSR count). The average Bonchev–Trinajstić information content (AvgIpc) is 2.79. The van der Waals surface area contributed by atoms with Gasteiger partial charge in [0.05, 0.1) is 17.5 Å². The SMILES string of the molecule is CCN(CCC#N)C(=O)c1csc(CCN)n1. The zero-order chi connectivity index (χ0) is 12.7. The van der Waals surface area contributed by atoms with Crippen LogP contribution in [0.1, 0.15) is 28.8 Å². The maximum absolute atomic E-state index is 12.0. The van der Waals surface area contributed by atoms with Gasteiger partial charge in [0.2, 0.25) is 0 Å². The molecule has 0 saturated carbocycles.